The van der Waals surface area contributed by atoms with Crippen LogP contribution in [0.1, 0.15) is 55.9 Å². The molecule has 0 unspecified atom stereocenters. The zero-order chi connectivity index (χ0) is 31.1. The average molecular weight is 612 g/mol. The molecule has 7 nitrogen and oxygen atoms in total. The van der Waals surface area contributed by atoms with Gasteiger partial charge in [-0.25, -0.2) is 8.42 Å². The van der Waals surface area contributed by atoms with Crippen LogP contribution in [0.3, 0.4) is 0 Å². The summed E-state index contributed by atoms with van der Waals surface area (Å²) in [4.78, 5) is 29.3. The summed E-state index contributed by atoms with van der Waals surface area (Å²) < 4.78 is 26.9. The number of hydrogen-bond acceptors (Lipinski definition) is 4. The van der Waals surface area contributed by atoms with Gasteiger partial charge in [-0.2, -0.15) is 0 Å². The van der Waals surface area contributed by atoms with Crippen molar-refractivity contribution in [2.75, 3.05) is 17.1 Å². The number of nitrogens with zero attached hydrogens (tertiary/aromatic N) is 2. The van der Waals surface area contributed by atoms with E-state index in [0.29, 0.717) is 17.1 Å². The van der Waals surface area contributed by atoms with E-state index in [1.807, 2.05) is 95.3 Å². The van der Waals surface area contributed by atoms with E-state index in [1.54, 1.807) is 17.0 Å². The number of anilines is 1. The van der Waals surface area contributed by atoms with E-state index in [9.17, 15) is 18.0 Å². The summed E-state index contributed by atoms with van der Waals surface area (Å²) >= 11 is 6.11. The largest absolute Gasteiger partial charge is 0.350 e. The third-order valence-electron chi connectivity index (χ3n) is 6.82. The van der Waals surface area contributed by atoms with Crippen molar-refractivity contribution in [1.82, 2.24) is 10.2 Å². The van der Waals surface area contributed by atoms with Gasteiger partial charge in [0.05, 0.1) is 11.9 Å². The monoisotopic (exact) mass is 611 g/mol. The quantitative estimate of drug-likeness (QED) is 0.270. The Labute approximate surface area is 255 Å². The van der Waals surface area contributed by atoms with Gasteiger partial charge < -0.3 is 10.2 Å². The van der Waals surface area contributed by atoms with E-state index in [-0.39, 0.29) is 37.7 Å². The molecule has 0 aromatic heterocycles. The minimum absolute atomic E-state index is 0.0680. The molecular formula is C33H42ClN3O4S. The Kier molecular flexibility index (Phi) is 11.2. The van der Waals surface area contributed by atoms with Crippen LogP contribution in [0.5, 0.6) is 0 Å². The topological polar surface area (TPSA) is 86.8 Å². The molecule has 1 atom stereocenters. The lowest BCUT2D eigenvalue weighted by atomic mass is 10.00. The number of carbonyl (C=O) groups is 2. The van der Waals surface area contributed by atoms with Crippen LogP contribution >= 0.6 is 11.6 Å². The number of rotatable bonds is 12. The number of benzene rings is 3. The fourth-order valence-corrected chi connectivity index (χ4v) is 5.90. The van der Waals surface area contributed by atoms with Gasteiger partial charge in [0.2, 0.25) is 21.8 Å². The predicted octanol–water partition coefficient (Wildman–Crippen LogP) is 6.06. The Balaban J connectivity index is 1.92. The predicted molar refractivity (Wildman–Crippen MR) is 171 cm³/mol. The van der Waals surface area contributed by atoms with Gasteiger partial charge in [-0.3, -0.25) is 13.9 Å². The molecule has 0 bridgehead atoms. The maximum absolute atomic E-state index is 14.0. The molecule has 3 aromatic rings. The van der Waals surface area contributed by atoms with E-state index in [4.69, 9.17) is 11.6 Å². The molecular weight excluding hydrogens is 570 g/mol. The smallest absolute Gasteiger partial charge is 0.243 e. The van der Waals surface area contributed by atoms with E-state index in [1.165, 1.54) is 10.6 Å². The van der Waals surface area contributed by atoms with Gasteiger partial charge in [-0.05, 0) is 81.5 Å². The highest BCUT2D eigenvalue weighted by atomic mass is 35.5. The second kappa shape index (κ2) is 14.2. The Hall–Kier alpha value is -3.36. The second-order valence-electron chi connectivity index (χ2n) is 11.8. The Bertz CT molecular complexity index is 1470. The average Bonchev–Trinajstić information content (AvgIpc) is 2.90. The van der Waals surface area contributed by atoms with Gasteiger partial charge in [-0.1, -0.05) is 66.2 Å². The summed E-state index contributed by atoms with van der Waals surface area (Å²) in [5.74, 6) is -0.480. The van der Waals surface area contributed by atoms with Crippen molar-refractivity contribution in [2.24, 2.45) is 0 Å². The lowest BCUT2D eigenvalue weighted by Gasteiger charge is -2.34. The first-order chi connectivity index (χ1) is 19.6. The van der Waals surface area contributed by atoms with Crippen LogP contribution in [0.4, 0.5) is 5.69 Å². The van der Waals surface area contributed by atoms with Crippen molar-refractivity contribution < 1.29 is 18.0 Å². The van der Waals surface area contributed by atoms with Crippen LogP contribution in [-0.2, 0) is 32.6 Å². The molecule has 2 amide bonds. The Morgan fingerprint density at radius 3 is 2.17 bits per heavy atom. The number of carbonyl (C=O) groups excluding carboxylic acids is 2. The molecule has 42 heavy (non-hydrogen) atoms. The minimum Gasteiger partial charge on any atom is -0.350 e. The maximum atomic E-state index is 14.0. The highest BCUT2D eigenvalue weighted by molar-refractivity contribution is 7.92. The summed E-state index contributed by atoms with van der Waals surface area (Å²) in [5, 5.41) is 3.63. The first kappa shape index (κ1) is 33.1. The highest BCUT2D eigenvalue weighted by Crippen LogP contribution is 2.25. The molecule has 0 fully saturated rings. The van der Waals surface area contributed by atoms with Gasteiger partial charge in [0.1, 0.15) is 6.04 Å². The second-order valence-corrected chi connectivity index (χ2v) is 14.2. The van der Waals surface area contributed by atoms with Crippen LogP contribution in [0, 0.1) is 13.8 Å². The molecule has 226 valence electrons. The third kappa shape index (κ3) is 9.88. The summed E-state index contributed by atoms with van der Waals surface area (Å²) in [6.07, 6.45) is 1.87. The number of halogens is 1. The first-order valence-corrected chi connectivity index (χ1v) is 16.3. The standard InChI is InChI=1S/C33H42ClN3O4S/c1-24-14-15-25(2)29(21-24)37(42(6,40)41)20-10-13-31(38)36(23-27-16-18-28(34)19-17-27)30(32(39)35-33(3,4)5)22-26-11-8-7-9-12-26/h7-9,11-12,14-19,21,30H,10,13,20,22-23H2,1-6H3,(H,35,39)/t30-/m0/s1. The molecule has 0 aliphatic carbocycles. The van der Waals surface area contributed by atoms with Gasteiger partial charge in [0.25, 0.3) is 0 Å². The summed E-state index contributed by atoms with van der Waals surface area (Å²) in [7, 11) is -3.59. The van der Waals surface area contributed by atoms with E-state index in [0.717, 1.165) is 22.3 Å². The van der Waals surface area contributed by atoms with Gasteiger partial charge in [0, 0.05) is 36.5 Å². The normalized spacial score (nSPS) is 12.5. The summed E-state index contributed by atoms with van der Waals surface area (Å²) in [6, 6.07) is 21.7. The lowest BCUT2D eigenvalue weighted by molar-refractivity contribution is -0.142. The van der Waals surface area contributed by atoms with Crippen molar-refractivity contribution in [1.29, 1.82) is 0 Å². The molecule has 0 heterocycles. The molecule has 9 heteroatoms. The van der Waals surface area contributed by atoms with Crippen LogP contribution in [0.15, 0.2) is 72.8 Å². The minimum atomic E-state index is -3.59. The van der Waals surface area contributed by atoms with E-state index < -0.39 is 21.6 Å². The van der Waals surface area contributed by atoms with Gasteiger partial charge in [0.15, 0.2) is 0 Å². The number of aryl methyl sites for hydroxylation is 2. The summed E-state index contributed by atoms with van der Waals surface area (Å²) in [5.41, 5.74) is 3.66. The molecule has 0 radical (unpaired) electrons. The first-order valence-electron chi connectivity index (χ1n) is 14.1. The van der Waals surface area contributed by atoms with E-state index >= 15 is 0 Å². The fraction of sp³-hybridized carbons (Fsp3) is 0.394. The zero-order valence-electron chi connectivity index (χ0n) is 25.4. The van der Waals surface area contributed by atoms with Crippen LogP contribution in [0.2, 0.25) is 5.02 Å². The van der Waals surface area contributed by atoms with Crippen LogP contribution in [-0.4, -0.2) is 49.5 Å². The molecule has 0 saturated heterocycles. The molecule has 0 saturated carbocycles. The van der Waals surface area contributed by atoms with Crippen molar-refractivity contribution in [3.8, 4) is 0 Å². The SMILES string of the molecule is Cc1ccc(C)c(N(CCCC(=O)N(Cc2ccc(Cl)cc2)[C@@H](Cc2ccccc2)C(=O)NC(C)(C)C)S(C)(=O)=O)c1. The Morgan fingerprint density at radius 2 is 1.57 bits per heavy atom. The van der Waals surface area contributed by atoms with Crippen LogP contribution < -0.4 is 9.62 Å². The number of amides is 2. The van der Waals surface area contributed by atoms with Crippen molar-refractivity contribution in [2.45, 2.75) is 72.0 Å². The fourth-order valence-electron chi connectivity index (χ4n) is 4.76. The third-order valence-corrected chi connectivity index (χ3v) is 8.25. The van der Waals surface area contributed by atoms with E-state index in [2.05, 4.69) is 5.32 Å². The van der Waals surface area contributed by atoms with Crippen molar-refractivity contribution in [3.05, 3.63) is 100 Å². The number of sulfonamides is 1. The highest BCUT2D eigenvalue weighted by Gasteiger charge is 2.32. The van der Waals surface area contributed by atoms with Crippen molar-refractivity contribution >= 4 is 39.1 Å². The molecule has 0 aliphatic rings. The summed E-state index contributed by atoms with van der Waals surface area (Å²) in [6.45, 7) is 9.85. The van der Waals surface area contributed by atoms with Gasteiger partial charge >= 0.3 is 0 Å². The molecule has 3 aromatic carbocycles. The number of hydrogen-bond donors (Lipinski definition) is 1. The number of nitrogens with one attached hydrogen (secondary N) is 1. The maximum Gasteiger partial charge on any atom is 0.243 e. The molecule has 0 spiro atoms. The molecule has 0 aliphatic heterocycles. The van der Waals surface area contributed by atoms with Gasteiger partial charge in [-0.15, -0.1) is 0 Å². The zero-order valence-corrected chi connectivity index (χ0v) is 26.9. The lowest BCUT2D eigenvalue weighted by Crippen LogP contribution is -2.54. The molecule has 3 rings (SSSR count). The Morgan fingerprint density at radius 1 is 0.929 bits per heavy atom. The van der Waals surface area contributed by atoms with Crippen LogP contribution in [0.25, 0.3) is 0 Å². The van der Waals surface area contributed by atoms with Crippen molar-refractivity contribution in [3.63, 3.8) is 0 Å². The molecule has 1 N–H and O–H groups in total.